The maximum Gasteiger partial charge on any atom is 0.221 e. The molecule has 2 unspecified atom stereocenters. The van der Waals surface area contributed by atoms with Crippen molar-refractivity contribution in [3.05, 3.63) is 35.6 Å². The first kappa shape index (κ1) is 11.0. The summed E-state index contributed by atoms with van der Waals surface area (Å²) in [4.78, 5) is 0. The summed E-state index contributed by atoms with van der Waals surface area (Å²) in [5, 5.41) is 2.62. The standard InChI is InChI=1S/C11H14N2O3S/c14-17(15)10-5-6-16-9-4-2-1-3-8(9)11(10)12-7-13-17/h1-4,9-10,12-13H,5-7H2. The molecule has 92 valence electrons. The summed E-state index contributed by atoms with van der Waals surface area (Å²) in [6.45, 7) is 0.699. The maximum absolute atomic E-state index is 12.0. The fourth-order valence-electron chi connectivity index (χ4n) is 2.40. The second-order valence-electron chi connectivity index (χ2n) is 4.22. The van der Waals surface area contributed by atoms with Crippen LogP contribution < -0.4 is 10.0 Å². The van der Waals surface area contributed by atoms with Gasteiger partial charge in [0.25, 0.3) is 0 Å². The molecule has 1 aliphatic carbocycles. The smallest absolute Gasteiger partial charge is 0.221 e. The Morgan fingerprint density at radius 1 is 1.35 bits per heavy atom. The number of nitrogens with one attached hydrogen (secondary N) is 2. The quantitative estimate of drug-likeness (QED) is 0.639. The largest absolute Gasteiger partial charge is 0.373 e. The third kappa shape index (κ3) is 1.82. The minimum atomic E-state index is -3.27. The van der Waals surface area contributed by atoms with Crippen molar-refractivity contribution in [2.75, 3.05) is 13.3 Å². The van der Waals surface area contributed by atoms with Crippen LogP contribution in [-0.2, 0) is 14.8 Å². The van der Waals surface area contributed by atoms with Gasteiger partial charge in [0.15, 0.2) is 0 Å². The number of allylic oxidation sites excluding steroid dienone is 2. The molecule has 0 spiro atoms. The monoisotopic (exact) mass is 254 g/mol. The molecule has 0 aromatic rings. The molecule has 1 saturated heterocycles. The zero-order chi connectivity index (χ0) is 11.9. The Morgan fingerprint density at radius 2 is 2.24 bits per heavy atom. The lowest BCUT2D eigenvalue weighted by molar-refractivity contribution is 0.113. The molecule has 3 rings (SSSR count). The van der Waals surface area contributed by atoms with E-state index < -0.39 is 15.3 Å². The van der Waals surface area contributed by atoms with Crippen LogP contribution in [0.3, 0.4) is 0 Å². The van der Waals surface area contributed by atoms with Crippen LogP contribution in [0.2, 0.25) is 0 Å². The number of hydrogen-bond donors (Lipinski definition) is 2. The molecule has 2 aliphatic heterocycles. The summed E-state index contributed by atoms with van der Waals surface area (Å²) in [6.07, 6.45) is 8.05. The van der Waals surface area contributed by atoms with E-state index in [1.54, 1.807) is 0 Å². The van der Waals surface area contributed by atoms with Gasteiger partial charge in [-0.2, -0.15) is 4.72 Å². The zero-order valence-electron chi connectivity index (χ0n) is 9.22. The molecular formula is C11H14N2O3S. The van der Waals surface area contributed by atoms with Gasteiger partial charge in [-0.05, 0) is 6.42 Å². The van der Waals surface area contributed by atoms with Crippen LogP contribution in [0.5, 0.6) is 0 Å². The number of fused-ring (bicyclic) bond motifs is 2. The van der Waals surface area contributed by atoms with Crippen molar-refractivity contribution >= 4 is 10.0 Å². The van der Waals surface area contributed by atoms with Gasteiger partial charge < -0.3 is 10.1 Å². The Kier molecular flexibility index (Phi) is 2.57. The van der Waals surface area contributed by atoms with E-state index in [1.807, 2.05) is 24.3 Å². The maximum atomic E-state index is 12.0. The number of ether oxygens (including phenoxy) is 1. The van der Waals surface area contributed by atoms with E-state index in [1.165, 1.54) is 0 Å². The lowest BCUT2D eigenvalue weighted by Gasteiger charge is -2.28. The van der Waals surface area contributed by atoms with Crippen LogP contribution in [0, 0.1) is 0 Å². The Bertz CT molecular complexity index is 519. The summed E-state index contributed by atoms with van der Waals surface area (Å²) in [5.74, 6) is 0. The van der Waals surface area contributed by atoms with Gasteiger partial charge in [0.1, 0.15) is 11.4 Å². The van der Waals surface area contributed by atoms with Gasteiger partial charge in [-0.1, -0.05) is 24.3 Å². The van der Waals surface area contributed by atoms with Gasteiger partial charge in [0.05, 0.1) is 6.67 Å². The summed E-state index contributed by atoms with van der Waals surface area (Å²) in [6, 6.07) is 0. The van der Waals surface area contributed by atoms with Gasteiger partial charge in [0, 0.05) is 17.9 Å². The Balaban J connectivity index is 2.11. The molecule has 0 saturated carbocycles. The van der Waals surface area contributed by atoms with Crippen LogP contribution in [0.25, 0.3) is 0 Å². The van der Waals surface area contributed by atoms with Crippen molar-refractivity contribution < 1.29 is 13.2 Å². The van der Waals surface area contributed by atoms with Crippen molar-refractivity contribution in [2.45, 2.75) is 17.8 Å². The first-order valence-corrected chi connectivity index (χ1v) is 7.16. The summed E-state index contributed by atoms with van der Waals surface area (Å²) in [7, 11) is -3.27. The van der Waals surface area contributed by atoms with Crippen LogP contribution in [0.1, 0.15) is 6.42 Å². The minimum absolute atomic E-state index is 0.124. The molecule has 1 fully saturated rings. The number of hydrogen-bond acceptors (Lipinski definition) is 4. The fraction of sp³-hybridized carbons (Fsp3) is 0.455. The molecule has 17 heavy (non-hydrogen) atoms. The van der Waals surface area contributed by atoms with E-state index in [2.05, 4.69) is 10.0 Å². The van der Waals surface area contributed by atoms with Crippen molar-refractivity contribution in [3.63, 3.8) is 0 Å². The van der Waals surface area contributed by atoms with E-state index in [0.717, 1.165) is 11.3 Å². The first-order valence-electron chi connectivity index (χ1n) is 5.61. The molecular weight excluding hydrogens is 240 g/mol. The fourth-order valence-corrected chi connectivity index (χ4v) is 3.81. The van der Waals surface area contributed by atoms with Crippen LogP contribution in [0.15, 0.2) is 35.6 Å². The van der Waals surface area contributed by atoms with E-state index in [-0.39, 0.29) is 12.8 Å². The molecule has 2 N–H and O–H groups in total. The van der Waals surface area contributed by atoms with E-state index >= 15 is 0 Å². The van der Waals surface area contributed by atoms with Gasteiger partial charge in [0.2, 0.25) is 10.0 Å². The highest BCUT2D eigenvalue weighted by molar-refractivity contribution is 7.90. The summed E-state index contributed by atoms with van der Waals surface area (Å²) >= 11 is 0. The normalized spacial score (nSPS) is 34.6. The molecule has 2 heterocycles. The first-order chi connectivity index (χ1) is 8.18. The van der Waals surface area contributed by atoms with Gasteiger partial charge in [-0.3, -0.25) is 0 Å². The highest BCUT2D eigenvalue weighted by Gasteiger charge is 2.37. The summed E-state index contributed by atoms with van der Waals surface area (Å²) < 4.78 is 32.1. The highest BCUT2D eigenvalue weighted by Crippen LogP contribution is 2.29. The van der Waals surface area contributed by atoms with Gasteiger partial charge in [-0.25, -0.2) is 8.42 Å². The third-order valence-corrected chi connectivity index (χ3v) is 4.98. The SMILES string of the molecule is O=S1(=O)NCNC2=C3C=CC=CC3OCCC21. The van der Waals surface area contributed by atoms with E-state index in [4.69, 9.17) is 4.74 Å². The zero-order valence-corrected chi connectivity index (χ0v) is 10.0. The average Bonchev–Trinajstić information content (AvgIpc) is 2.49. The lowest BCUT2D eigenvalue weighted by Crippen LogP contribution is -2.50. The molecule has 3 aliphatic rings. The van der Waals surface area contributed by atoms with Crippen LogP contribution >= 0.6 is 0 Å². The Labute approximate surface area is 100 Å². The topological polar surface area (TPSA) is 67.4 Å². The molecule has 2 atom stereocenters. The van der Waals surface area contributed by atoms with Crippen molar-refractivity contribution in [2.24, 2.45) is 0 Å². The molecule has 5 nitrogen and oxygen atoms in total. The van der Waals surface area contributed by atoms with Gasteiger partial charge >= 0.3 is 0 Å². The van der Waals surface area contributed by atoms with Crippen LogP contribution in [0.4, 0.5) is 0 Å². The van der Waals surface area contributed by atoms with E-state index in [0.29, 0.717) is 13.0 Å². The third-order valence-electron chi connectivity index (χ3n) is 3.22. The minimum Gasteiger partial charge on any atom is -0.373 e. The van der Waals surface area contributed by atoms with Crippen LogP contribution in [-0.4, -0.2) is 33.0 Å². The number of sulfonamides is 1. The molecule has 0 aromatic heterocycles. The second kappa shape index (κ2) is 3.97. The molecule has 0 aromatic carbocycles. The molecule has 0 bridgehead atoms. The van der Waals surface area contributed by atoms with Gasteiger partial charge in [-0.15, -0.1) is 0 Å². The van der Waals surface area contributed by atoms with Crippen molar-refractivity contribution in [3.8, 4) is 0 Å². The van der Waals surface area contributed by atoms with E-state index in [9.17, 15) is 8.42 Å². The average molecular weight is 254 g/mol. The Hall–Kier alpha value is -1.11. The Morgan fingerprint density at radius 3 is 3.12 bits per heavy atom. The number of rotatable bonds is 0. The van der Waals surface area contributed by atoms with Crippen molar-refractivity contribution in [1.82, 2.24) is 10.0 Å². The second-order valence-corrected chi connectivity index (χ2v) is 6.17. The molecule has 0 amide bonds. The summed E-state index contributed by atoms with van der Waals surface area (Å²) in [5.41, 5.74) is 1.71. The molecule has 6 heteroatoms. The predicted octanol–water partition coefficient (Wildman–Crippen LogP) is 0.00410. The lowest BCUT2D eigenvalue weighted by atomic mass is 10.0. The molecule has 0 radical (unpaired) electrons. The predicted molar refractivity (Wildman–Crippen MR) is 63.5 cm³/mol. The van der Waals surface area contributed by atoms with Crippen molar-refractivity contribution in [1.29, 1.82) is 0 Å². The highest BCUT2D eigenvalue weighted by atomic mass is 32.2.